The van der Waals surface area contributed by atoms with Crippen molar-refractivity contribution in [3.05, 3.63) is 32.8 Å². The fourth-order valence-electron chi connectivity index (χ4n) is 0.907. The van der Waals surface area contributed by atoms with Crippen LogP contribution in [0.2, 0.25) is 15.1 Å². The van der Waals surface area contributed by atoms with Gasteiger partial charge in [-0.25, -0.2) is 0 Å². The van der Waals surface area contributed by atoms with Crippen molar-refractivity contribution in [2.45, 2.75) is 13.0 Å². The van der Waals surface area contributed by atoms with Crippen molar-refractivity contribution >= 4 is 47.2 Å². The van der Waals surface area contributed by atoms with Gasteiger partial charge in [0.05, 0.1) is 10.0 Å². The third-order valence-corrected chi connectivity index (χ3v) is 2.55. The lowest BCUT2D eigenvalue weighted by molar-refractivity contribution is 0.818. The summed E-state index contributed by atoms with van der Waals surface area (Å²) in [6, 6.07) is 3.16. The number of halogens is 4. The van der Waals surface area contributed by atoms with E-state index in [1.165, 1.54) is 0 Å². The van der Waals surface area contributed by atoms with Crippen LogP contribution in [0.25, 0.3) is 0 Å². The Kier molecular flexibility index (Phi) is 5.42. The van der Waals surface area contributed by atoms with Crippen LogP contribution in [0.1, 0.15) is 18.5 Å². The van der Waals surface area contributed by atoms with Crippen LogP contribution in [0.3, 0.4) is 0 Å². The maximum atomic E-state index is 5.89. The highest BCUT2D eigenvalue weighted by atomic mass is 35.5. The molecule has 0 fully saturated rings. The van der Waals surface area contributed by atoms with Gasteiger partial charge in [-0.1, -0.05) is 34.8 Å². The van der Waals surface area contributed by atoms with Gasteiger partial charge in [0.25, 0.3) is 0 Å². The van der Waals surface area contributed by atoms with Gasteiger partial charge >= 0.3 is 0 Å². The van der Waals surface area contributed by atoms with E-state index in [1.54, 1.807) is 12.1 Å². The molecule has 0 spiro atoms. The minimum absolute atomic E-state index is 0. The SMILES string of the molecule is C[C@H](N)c1cc(Cl)cc(Cl)c1Cl.Cl. The molecule has 0 aromatic heterocycles. The van der Waals surface area contributed by atoms with E-state index in [2.05, 4.69) is 0 Å². The Hall–Kier alpha value is 0.340. The highest BCUT2D eigenvalue weighted by Crippen LogP contribution is 2.32. The third-order valence-electron chi connectivity index (χ3n) is 1.51. The maximum absolute atomic E-state index is 5.89. The lowest BCUT2D eigenvalue weighted by atomic mass is 10.1. The normalized spacial score (nSPS) is 12.1. The first-order chi connectivity index (χ1) is 5.52. The van der Waals surface area contributed by atoms with Crippen molar-refractivity contribution in [1.29, 1.82) is 0 Å². The van der Waals surface area contributed by atoms with E-state index >= 15 is 0 Å². The Labute approximate surface area is 98.6 Å². The molecule has 1 nitrogen and oxygen atoms in total. The van der Waals surface area contributed by atoms with Crippen molar-refractivity contribution in [3.8, 4) is 0 Å². The zero-order valence-electron chi connectivity index (χ0n) is 6.85. The zero-order valence-corrected chi connectivity index (χ0v) is 9.94. The number of hydrogen-bond acceptors (Lipinski definition) is 1. The van der Waals surface area contributed by atoms with Crippen LogP contribution in [0.5, 0.6) is 0 Å². The number of nitrogens with two attached hydrogens (primary N) is 1. The molecular weight excluding hydrogens is 252 g/mol. The van der Waals surface area contributed by atoms with Crippen LogP contribution in [0.15, 0.2) is 12.1 Å². The Morgan fingerprint density at radius 1 is 1.23 bits per heavy atom. The lowest BCUT2D eigenvalue weighted by Gasteiger charge is -2.09. The standard InChI is InChI=1S/C8H8Cl3N.ClH/c1-4(12)6-2-5(9)3-7(10)8(6)11;/h2-4H,12H2,1H3;1H/t4-;/m0./s1. The molecule has 0 amide bonds. The van der Waals surface area contributed by atoms with E-state index in [0.717, 1.165) is 5.56 Å². The van der Waals surface area contributed by atoms with Gasteiger partial charge in [-0.15, -0.1) is 12.4 Å². The molecule has 5 heteroatoms. The lowest BCUT2D eigenvalue weighted by Crippen LogP contribution is -2.05. The van der Waals surface area contributed by atoms with Gasteiger partial charge in [-0.2, -0.15) is 0 Å². The summed E-state index contributed by atoms with van der Waals surface area (Å²) in [5.41, 5.74) is 6.42. The Balaban J connectivity index is 0.00000144. The van der Waals surface area contributed by atoms with Crippen LogP contribution in [-0.2, 0) is 0 Å². The van der Waals surface area contributed by atoms with Crippen LogP contribution in [0, 0.1) is 0 Å². The van der Waals surface area contributed by atoms with Gasteiger partial charge in [0.2, 0.25) is 0 Å². The Morgan fingerprint density at radius 2 is 1.77 bits per heavy atom. The first-order valence-electron chi connectivity index (χ1n) is 3.42. The third kappa shape index (κ3) is 3.19. The van der Waals surface area contributed by atoms with Crippen LogP contribution < -0.4 is 5.73 Å². The molecule has 1 rings (SSSR count). The first-order valence-corrected chi connectivity index (χ1v) is 4.55. The average molecular weight is 261 g/mol. The van der Waals surface area contributed by atoms with E-state index in [9.17, 15) is 0 Å². The molecule has 0 heterocycles. The number of rotatable bonds is 1. The van der Waals surface area contributed by atoms with Crippen LogP contribution >= 0.6 is 47.2 Å². The Bertz CT molecular complexity index is 298. The highest BCUT2D eigenvalue weighted by Gasteiger charge is 2.09. The molecule has 1 aromatic rings. The summed E-state index contributed by atoms with van der Waals surface area (Å²) in [6.45, 7) is 1.83. The topological polar surface area (TPSA) is 26.0 Å². The molecule has 74 valence electrons. The zero-order chi connectivity index (χ0) is 9.30. The van der Waals surface area contributed by atoms with Crippen molar-refractivity contribution < 1.29 is 0 Å². The predicted molar refractivity (Wildman–Crippen MR) is 61.3 cm³/mol. The smallest absolute Gasteiger partial charge is 0.0640 e. The van der Waals surface area contributed by atoms with Crippen molar-refractivity contribution in [2.24, 2.45) is 5.73 Å². The molecule has 0 unspecified atom stereocenters. The van der Waals surface area contributed by atoms with Gasteiger partial charge in [0.1, 0.15) is 0 Å². The van der Waals surface area contributed by atoms with E-state index in [4.69, 9.17) is 40.5 Å². The van der Waals surface area contributed by atoms with Gasteiger partial charge < -0.3 is 5.73 Å². The number of benzene rings is 1. The molecular formula is C8H9Cl4N. The van der Waals surface area contributed by atoms with E-state index in [-0.39, 0.29) is 18.4 Å². The summed E-state index contributed by atoms with van der Waals surface area (Å²) >= 11 is 17.4. The molecule has 13 heavy (non-hydrogen) atoms. The summed E-state index contributed by atoms with van der Waals surface area (Å²) in [6.07, 6.45) is 0. The molecule has 1 atom stereocenters. The van der Waals surface area contributed by atoms with Crippen molar-refractivity contribution in [1.82, 2.24) is 0 Å². The molecule has 0 aliphatic rings. The van der Waals surface area contributed by atoms with E-state index in [1.807, 2.05) is 6.92 Å². The summed E-state index contributed by atoms with van der Waals surface area (Å²) in [7, 11) is 0. The summed E-state index contributed by atoms with van der Waals surface area (Å²) in [5.74, 6) is 0. The summed E-state index contributed by atoms with van der Waals surface area (Å²) < 4.78 is 0. The second kappa shape index (κ2) is 5.28. The summed E-state index contributed by atoms with van der Waals surface area (Å²) in [5, 5.41) is 1.48. The number of hydrogen-bond donors (Lipinski definition) is 1. The molecule has 0 bridgehead atoms. The fourth-order valence-corrected chi connectivity index (χ4v) is 1.70. The predicted octanol–water partition coefficient (Wildman–Crippen LogP) is 4.09. The maximum Gasteiger partial charge on any atom is 0.0640 e. The highest BCUT2D eigenvalue weighted by molar-refractivity contribution is 6.43. The minimum atomic E-state index is -0.159. The fraction of sp³-hybridized carbons (Fsp3) is 0.250. The molecule has 0 aliphatic carbocycles. The van der Waals surface area contributed by atoms with E-state index < -0.39 is 0 Å². The largest absolute Gasteiger partial charge is 0.324 e. The minimum Gasteiger partial charge on any atom is -0.324 e. The average Bonchev–Trinajstić information content (AvgIpc) is 1.96. The molecule has 0 saturated heterocycles. The van der Waals surface area contributed by atoms with Crippen LogP contribution in [0.4, 0.5) is 0 Å². The van der Waals surface area contributed by atoms with E-state index in [0.29, 0.717) is 15.1 Å². The van der Waals surface area contributed by atoms with Gasteiger partial charge in [0.15, 0.2) is 0 Å². The van der Waals surface area contributed by atoms with Gasteiger partial charge in [-0.3, -0.25) is 0 Å². The molecule has 0 saturated carbocycles. The second-order valence-electron chi connectivity index (χ2n) is 2.58. The Morgan fingerprint density at radius 3 is 2.23 bits per heavy atom. The van der Waals surface area contributed by atoms with Crippen molar-refractivity contribution in [2.75, 3.05) is 0 Å². The van der Waals surface area contributed by atoms with Gasteiger partial charge in [-0.05, 0) is 24.6 Å². The summed E-state index contributed by atoms with van der Waals surface area (Å²) in [4.78, 5) is 0. The molecule has 2 N–H and O–H groups in total. The molecule has 0 aliphatic heterocycles. The van der Waals surface area contributed by atoms with Crippen molar-refractivity contribution in [3.63, 3.8) is 0 Å². The van der Waals surface area contributed by atoms with Crippen LogP contribution in [-0.4, -0.2) is 0 Å². The second-order valence-corrected chi connectivity index (χ2v) is 3.80. The quantitative estimate of drug-likeness (QED) is 0.757. The first kappa shape index (κ1) is 13.3. The molecule has 0 radical (unpaired) electrons. The molecule has 1 aromatic carbocycles. The van der Waals surface area contributed by atoms with Gasteiger partial charge in [0, 0.05) is 11.1 Å². The monoisotopic (exact) mass is 259 g/mol.